The fourth-order valence-electron chi connectivity index (χ4n) is 2.50. The van der Waals surface area contributed by atoms with Crippen molar-refractivity contribution in [3.63, 3.8) is 0 Å². The van der Waals surface area contributed by atoms with Crippen LogP contribution in [0, 0.1) is 29.1 Å². The molecule has 1 aliphatic carbocycles. The number of hydrogen-bond donors (Lipinski definition) is 1. The SMILES string of the molecule is CC(C)C(CNC(=O)C1CC1(C)C)C(C)C. The molecular formula is C14H27NO. The maximum absolute atomic E-state index is 11.9. The van der Waals surface area contributed by atoms with Crippen molar-refractivity contribution in [1.82, 2.24) is 5.32 Å². The molecule has 1 amide bonds. The molecule has 1 aliphatic rings. The van der Waals surface area contributed by atoms with E-state index < -0.39 is 0 Å². The second kappa shape index (κ2) is 4.77. The van der Waals surface area contributed by atoms with Gasteiger partial charge in [0, 0.05) is 12.5 Å². The van der Waals surface area contributed by atoms with Gasteiger partial charge >= 0.3 is 0 Å². The summed E-state index contributed by atoms with van der Waals surface area (Å²) in [6, 6.07) is 0. The third-order valence-corrected chi connectivity index (χ3v) is 4.05. The second-order valence-electron chi connectivity index (χ2n) is 6.64. The Hall–Kier alpha value is -0.530. The molecule has 0 radical (unpaired) electrons. The Balaban J connectivity index is 2.36. The molecule has 16 heavy (non-hydrogen) atoms. The van der Waals surface area contributed by atoms with Gasteiger partial charge < -0.3 is 5.32 Å². The molecule has 0 spiro atoms. The highest BCUT2D eigenvalue weighted by molar-refractivity contribution is 5.82. The maximum atomic E-state index is 11.9. The van der Waals surface area contributed by atoms with E-state index in [4.69, 9.17) is 0 Å². The minimum absolute atomic E-state index is 0.245. The van der Waals surface area contributed by atoms with E-state index in [0.717, 1.165) is 13.0 Å². The monoisotopic (exact) mass is 225 g/mol. The quantitative estimate of drug-likeness (QED) is 0.765. The third-order valence-electron chi connectivity index (χ3n) is 4.05. The van der Waals surface area contributed by atoms with Gasteiger partial charge in [0.2, 0.25) is 5.91 Å². The molecular weight excluding hydrogens is 198 g/mol. The predicted molar refractivity (Wildman–Crippen MR) is 68.1 cm³/mol. The summed E-state index contributed by atoms with van der Waals surface area (Å²) in [6.45, 7) is 14.1. The predicted octanol–water partition coefficient (Wildman–Crippen LogP) is 3.08. The molecule has 0 aromatic heterocycles. The summed E-state index contributed by atoms with van der Waals surface area (Å²) in [7, 11) is 0. The summed E-state index contributed by atoms with van der Waals surface area (Å²) in [5.41, 5.74) is 0.245. The lowest BCUT2D eigenvalue weighted by atomic mass is 9.85. The molecule has 0 aromatic rings. The van der Waals surface area contributed by atoms with E-state index in [-0.39, 0.29) is 17.2 Å². The van der Waals surface area contributed by atoms with Crippen LogP contribution in [0.15, 0.2) is 0 Å². The van der Waals surface area contributed by atoms with Gasteiger partial charge in [0.05, 0.1) is 0 Å². The van der Waals surface area contributed by atoms with Crippen molar-refractivity contribution in [2.45, 2.75) is 48.0 Å². The molecule has 1 unspecified atom stereocenters. The molecule has 1 saturated carbocycles. The second-order valence-corrected chi connectivity index (χ2v) is 6.64. The lowest BCUT2D eigenvalue weighted by Crippen LogP contribution is -2.35. The Bertz CT molecular complexity index is 247. The van der Waals surface area contributed by atoms with Crippen molar-refractivity contribution in [2.24, 2.45) is 29.1 Å². The highest BCUT2D eigenvalue weighted by Crippen LogP contribution is 2.51. The first-order valence-corrected chi connectivity index (χ1v) is 6.53. The normalized spacial score (nSPS) is 22.9. The van der Waals surface area contributed by atoms with Gasteiger partial charge in [-0.25, -0.2) is 0 Å². The molecule has 0 saturated heterocycles. The number of rotatable bonds is 5. The molecule has 2 heteroatoms. The molecule has 1 atom stereocenters. The molecule has 1 N–H and O–H groups in total. The topological polar surface area (TPSA) is 29.1 Å². The van der Waals surface area contributed by atoms with Gasteiger partial charge in [0.25, 0.3) is 0 Å². The first-order chi connectivity index (χ1) is 7.25. The Morgan fingerprint density at radius 1 is 1.25 bits per heavy atom. The van der Waals surface area contributed by atoms with Gasteiger partial charge in [-0.05, 0) is 29.6 Å². The Morgan fingerprint density at radius 3 is 2.00 bits per heavy atom. The molecule has 2 nitrogen and oxygen atoms in total. The van der Waals surface area contributed by atoms with Gasteiger partial charge in [-0.3, -0.25) is 4.79 Å². The van der Waals surface area contributed by atoms with Crippen molar-refractivity contribution >= 4 is 5.91 Å². The van der Waals surface area contributed by atoms with Crippen LogP contribution in [0.1, 0.15) is 48.0 Å². The maximum Gasteiger partial charge on any atom is 0.223 e. The van der Waals surface area contributed by atoms with Crippen LogP contribution in [-0.4, -0.2) is 12.5 Å². The van der Waals surface area contributed by atoms with Crippen LogP contribution in [0.5, 0.6) is 0 Å². The summed E-state index contributed by atoms with van der Waals surface area (Å²) in [5, 5.41) is 3.12. The van der Waals surface area contributed by atoms with Crippen LogP contribution in [0.3, 0.4) is 0 Å². The first kappa shape index (κ1) is 13.5. The highest BCUT2D eigenvalue weighted by Gasteiger charge is 2.50. The first-order valence-electron chi connectivity index (χ1n) is 6.53. The Kier molecular flexibility index (Phi) is 4.03. The van der Waals surface area contributed by atoms with Crippen molar-refractivity contribution in [1.29, 1.82) is 0 Å². The Labute approximate surface area is 100 Å². The number of carbonyl (C=O) groups is 1. The lowest BCUT2D eigenvalue weighted by molar-refractivity contribution is -0.123. The summed E-state index contributed by atoms with van der Waals surface area (Å²) in [6.07, 6.45) is 1.05. The zero-order chi connectivity index (χ0) is 12.5. The zero-order valence-corrected chi connectivity index (χ0v) is 11.6. The number of amides is 1. The van der Waals surface area contributed by atoms with Gasteiger partial charge in [-0.1, -0.05) is 41.5 Å². The summed E-state index contributed by atoms with van der Waals surface area (Å²) in [5.74, 6) is 2.37. The highest BCUT2D eigenvalue weighted by atomic mass is 16.2. The molecule has 0 heterocycles. The van der Waals surface area contributed by atoms with Crippen molar-refractivity contribution in [3.8, 4) is 0 Å². The Morgan fingerprint density at radius 2 is 1.69 bits per heavy atom. The van der Waals surface area contributed by atoms with Crippen LogP contribution in [0.25, 0.3) is 0 Å². The van der Waals surface area contributed by atoms with E-state index in [9.17, 15) is 4.79 Å². The van der Waals surface area contributed by atoms with E-state index in [0.29, 0.717) is 17.8 Å². The van der Waals surface area contributed by atoms with Crippen LogP contribution >= 0.6 is 0 Å². The molecule has 0 aliphatic heterocycles. The fraction of sp³-hybridized carbons (Fsp3) is 0.929. The molecule has 0 aromatic carbocycles. The zero-order valence-electron chi connectivity index (χ0n) is 11.6. The number of hydrogen-bond acceptors (Lipinski definition) is 1. The van der Waals surface area contributed by atoms with E-state index in [2.05, 4.69) is 46.9 Å². The average molecular weight is 225 g/mol. The summed E-state index contributed by atoms with van der Waals surface area (Å²) < 4.78 is 0. The van der Waals surface area contributed by atoms with Crippen LogP contribution in [0.4, 0.5) is 0 Å². The van der Waals surface area contributed by atoms with E-state index in [1.54, 1.807) is 0 Å². The smallest absolute Gasteiger partial charge is 0.223 e. The summed E-state index contributed by atoms with van der Waals surface area (Å²) >= 11 is 0. The van der Waals surface area contributed by atoms with Crippen LogP contribution < -0.4 is 5.32 Å². The molecule has 1 rings (SSSR count). The van der Waals surface area contributed by atoms with Gasteiger partial charge in [0.1, 0.15) is 0 Å². The largest absolute Gasteiger partial charge is 0.356 e. The van der Waals surface area contributed by atoms with Gasteiger partial charge in [0.15, 0.2) is 0 Å². The third kappa shape index (κ3) is 3.23. The van der Waals surface area contributed by atoms with Crippen molar-refractivity contribution in [3.05, 3.63) is 0 Å². The van der Waals surface area contributed by atoms with E-state index in [1.807, 2.05) is 0 Å². The minimum Gasteiger partial charge on any atom is -0.356 e. The average Bonchev–Trinajstić information content (AvgIpc) is 2.74. The molecule has 1 fully saturated rings. The fourth-order valence-corrected chi connectivity index (χ4v) is 2.50. The lowest BCUT2D eigenvalue weighted by Gasteiger charge is -2.25. The molecule has 0 bridgehead atoms. The van der Waals surface area contributed by atoms with Gasteiger partial charge in [-0.2, -0.15) is 0 Å². The van der Waals surface area contributed by atoms with Crippen molar-refractivity contribution in [2.75, 3.05) is 6.54 Å². The van der Waals surface area contributed by atoms with Crippen LogP contribution in [0.2, 0.25) is 0 Å². The summed E-state index contributed by atoms with van der Waals surface area (Å²) in [4.78, 5) is 11.9. The van der Waals surface area contributed by atoms with Crippen molar-refractivity contribution < 1.29 is 4.79 Å². The van der Waals surface area contributed by atoms with Crippen LogP contribution in [-0.2, 0) is 4.79 Å². The number of carbonyl (C=O) groups excluding carboxylic acids is 1. The van der Waals surface area contributed by atoms with Gasteiger partial charge in [-0.15, -0.1) is 0 Å². The molecule has 94 valence electrons. The minimum atomic E-state index is 0.245. The van der Waals surface area contributed by atoms with E-state index >= 15 is 0 Å². The number of nitrogens with one attached hydrogen (secondary N) is 1. The van der Waals surface area contributed by atoms with E-state index in [1.165, 1.54) is 0 Å². The standard InChI is InChI=1S/C14H27NO/c1-9(2)11(10(3)4)8-15-13(16)12-7-14(12,5)6/h9-12H,7-8H2,1-6H3,(H,15,16).